The van der Waals surface area contributed by atoms with Gasteiger partial charge < -0.3 is 0 Å². The normalized spacial score (nSPS) is 10.3. The number of amides is 1. The van der Waals surface area contributed by atoms with E-state index >= 15 is 0 Å². The molecule has 10 heavy (non-hydrogen) atoms. The molecule has 0 saturated carbocycles. The van der Waals surface area contributed by atoms with Gasteiger partial charge >= 0.3 is 6.18 Å². The van der Waals surface area contributed by atoms with Crippen LogP contribution in [-0.2, 0) is 4.79 Å². The first-order valence-electron chi connectivity index (χ1n) is 2.19. The number of alkyl halides is 3. The average molecular weight is 154 g/mol. The summed E-state index contributed by atoms with van der Waals surface area (Å²) < 4.78 is 34.4. The molecule has 0 spiro atoms. The first kappa shape index (κ1) is 8.80. The van der Waals surface area contributed by atoms with Crippen LogP contribution in [0, 0.1) is 0 Å². The van der Waals surface area contributed by atoms with Gasteiger partial charge in [-0.05, 0) is 0 Å². The molecule has 3 nitrogen and oxygen atoms in total. The molecule has 0 rings (SSSR count). The van der Waals surface area contributed by atoms with Crippen LogP contribution in [0.3, 0.4) is 0 Å². The molecule has 0 heterocycles. The number of halogens is 3. The van der Waals surface area contributed by atoms with Crippen LogP contribution in [0.15, 0.2) is 12.3 Å². The highest BCUT2D eigenvalue weighted by Gasteiger charge is 2.31. The van der Waals surface area contributed by atoms with Crippen molar-refractivity contribution in [1.82, 2.24) is 10.9 Å². The Balaban J connectivity index is 3.74. The highest BCUT2D eigenvalue weighted by atomic mass is 19.4. The lowest BCUT2D eigenvalue weighted by molar-refractivity contribution is -0.112. The van der Waals surface area contributed by atoms with E-state index in [0.29, 0.717) is 0 Å². The molecule has 1 amide bonds. The molecule has 0 radical (unpaired) electrons. The Labute approximate surface area is 54.9 Å². The zero-order chi connectivity index (χ0) is 8.20. The maximum absolute atomic E-state index is 11.5. The number of carbonyl (C=O) groups is 1. The fraction of sp³-hybridized carbons (Fsp3) is 0.250. The fourth-order valence-corrected chi connectivity index (χ4v) is 0.187. The minimum atomic E-state index is -4.52. The largest absolute Gasteiger partial charge is 0.432 e. The Morgan fingerprint density at radius 3 is 2.30 bits per heavy atom. The van der Waals surface area contributed by atoms with Gasteiger partial charge in [0.1, 0.15) is 5.70 Å². The van der Waals surface area contributed by atoms with E-state index < -0.39 is 11.9 Å². The summed E-state index contributed by atoms with van der Waals surface area (Å²) in [6.07, 6.45) is -4.44. The Bertz CT molecular complexity index is 142. The van der Waals surface area contributed by atoms with Gasteiger partial charge in [-0.15, -0.1) is 0 Å². The molecular formula is C4H5F3N2O. The predicted molar refractivity (Wildman–Crippen MR) is 27.5 cm³/mol. The summed E-state index contributed by atoms with van der Waals surface area (Å²) in [5, 5.41) is 0. The summed E-state index contributed by atoms with van der Waals surface area (Å²) in [4.78, 5) is 9.45. The topological polar surface area (TPSA) is 41.1 Å². The van der Waals surface area contributed by atoms with Gasteiger partial charge in [-0.1, -0.05) is 6.58 Å². The van der Waals surface area contributed by atoms with E-state index in [4.69, 9.17) is 0 Å². The third kappa shape index (κ3) is 2.95. The minimum Gasteiger partial charge on any atom is -0.295 e. The average Bonchev–Trinajstić information content (AvgIpc) is 1.80. The van der Waals surface area contributed by atoms with Crippen LogP contribution in [0.1, 0.15) is 0 Å². The summed E-state index contributed by atoms with van der Waals surface area (Å²) in [6, 6.07) is 0. The van der Waals surface area contributed by atoms with Gasteiger partial charge in [0, 0.05) is 0 Å². The highest BCUT2D eigenvalue weighted by molar-refractivity contribution is 5.45. The van der Waals surface area contributed by atoms with E-state index in [9.17, 15) is 18.0 Å². The molecule has 0 aliphatic heterocycles. The standard InChI is InChI=1S/C4H5F3N2O/c1-3(4(5,6)7)9-8-2-10/h2,9H,1H2,(H,8,10). The lowest BCUT2D eigenvalue weighted by atomic mass is 10.5. The van der Waals surface area contributed by atoms with E-state index in [1.54, 1.807) is 5.43 Å². The van der Waals surface area contributed by atoms with Gasteiger partial charge in [-0.2, -0.15) is 13.2 Å². The molecule has 0 aromatic carbocycles. The van der Waals surface area contributed by atoms with E-state index in [-0.39, 0.29) is 6.41 Å². The van der Waals surface area contributed by atoms with Crippen LogP contribution in [0.4, 0.5) is 13.2 Å². The molecule has 0 atom stereocenters. The van der Waals surface area contributed by atoms with Gasteiger partial charge in [0.25, 0.3) is 0 Å². The number of rotatable bonds is 3. The Morgan fingerprint density at radius 2 is 2.00 bits per heavy atom. The monoisotopic (exact) mass is 154 g/mol. The minimum absolute atomic E-state index is 0.0803. The Kier molecular flexibility index (Phi) is 2.72. The van der Waals surface area contributed by atoms with E-state index in [2.05, 4.69) is 6.58 Å². The second kappa shape index (κ2) is 3.09. The lowest BCUT2D eigenvalue weighted by Crippen LogP contribution is -2.35. The van der Waals surface area contributed by atoms with Crippen molar-refractivity contribution in [2.24, 2.45) is 0 Å². The first-order chi connectivity index (χ1) is 4.48. The van der Waals surface area contributed by atoms with E-state index in [1.165, 1.54) is 5.43 Å². The molecule has 0 saturated heterocycles. The number of carbonyl (C=O) groups excluding carboxylic acids is 1. The molecule has 0 aromatic rings. The Hall–Kier alpha value is -1.20. The second-order valence-electron chi connectivity index (χ2n) is 1.36. The molecule has 58 valence electrons. The van der Waals surface area contributed by atoms with Crippen LogP contribution in [0.5, 0.6) is 0 Å². The van der Waals surface area contributed by atoms with Crippen LogP contribution in [-0.4, -0.2) is 12.6 Å². The zero-order valence-corrected chi connectivity index (χ0v) is 4.83. The quantitative estimate of drug-likeness (QED) is 0.453. The van der Waals surface area contributed by atoms with E-state index in [1.807, 2.05) is 0 Å². The van der Waals surface area contributed by atoms with Crippen molar-refractivity contribution in [2.45, 2.75) is 6.18 Å². The van der Waals surface area contributed by atoms with Gasteiger partial charge in [0.2, 0.25) is 6.41 Å². The number of hydrazine groups is 1. The van der Waals surface area contributed by atoms with Crippen molar-refractivity contribution in [3.8, 4) is 0 Å². The van der Waals surface area contributed by atoms with E-state index in [0.717, 1.165) is 0 Å². The molecule has 0 aromatic heterocycles. The van der Waals surface area contributed by atoms with Crippen molar-refractivity contribution < 1.29 is 18.0 Å². The maximum Gasteiger partial charge on any atom is 0.432 e. The molecule has 0 bridgehead atoms. The lowest BCUT2D eigenvalue weighted by Gasteiger charge is -2.09. The zero-order valence-electron chi connectivity index (χ0n) is 4.83. The van der Waals surface area contributed by atoms with Crippen molar-refractivity contribution in [1.29, 1.82) is 0 Å². The maximum atomic E-state index is 11.5. The summed E-state index contributed by atoms with van der Waals surface area (Å²) in [5.74, 6) is 0. The molecule has 0 fully saturated rings. The van der Waals surface area contributed by atoms with Gasteiger partial charge in [0.15, 0.2) is 0 Å². The fourth-order valence-electron chi connectivity index (χ4n) is 0.187. The highest BCUT2D eigenvalue weighted by Crippen LogP contribution is 2.20. The first-order valence-corrected chi connectivity index (χ1v) is 2.19. The third-order valence-corrected chi connectivity index (χ3v) is 0.624. The molecule has 0 unspecified atom stereocenters. The Morgan fingerprint density at radius 1 is 1.50 bits per heavy atom. The predicted octanol–water partition coefficient (Wildman–Crippen LogP) is 0.313. The van der Waals surface area contributed by atoms with Crippen LogP contribution >= 0.6 is 0 Å². The van der Waals surface area contributed by atoms with Crippen LogP contribution in [0.2, 0.25) is 0 Å². The molecular weight excluding hydrogens is 149 g/mol. The number of allylic oxidation sites excluding steroid dienone is 1. The second-order valence-corrected chi connectivity index (χ2v) is 1.36. The van der Waals surface area contributed by atoms with Crippen LogP contribution in [0.25, 0.3) is 0 Å². The van der Waals surface area contributed by atoms with Crippen molar-refractivity contribution >= 4 is 6.41 Å². The smallest absolute Gasteiger partial charge is 0.295 e. The summed E-state index contributed by atoms with van der Waals surface area (Å²) in [5.41, 5.74) is 1.93. The summed E-state index contributed by atoms with van der Waals surface area (Å²) in [7, 11) is 0. The number of nitrogens with one attached hydrogen (secondary N) is 2. The molecule has 0 aliphatic rings. The van der Waals surface area contributed by atoms with Crippen molar-refractivity contribution in [3.63, 3.8) is 0 Å². The summed E-state index contributed by atoms with van der Waals surface area (Å²) >= 11 is 0. The molecule has 6 heteroatoms. The van der Waals surface area contributed by atoms with Gasteiger partial charge in [-0.25, -0.2) is 0 Å². The van der Waals surface area contributed by atoms with Gasteiger partial charge in [-0.3, -0.25) is 15.6 Å². The SMILES string of the molecule is C=C(NNC=O)C(F)(F)F. The van der Waals surface area contributed by atoms with Crippen molar-refractivity contribution in [3.05, 3.63) is 12.3 Å². The van der Waals surface area contributed by atoms with Gasteiger partial charge in [0.05, 0.1) is 0 Å². The molecule has 2 N–H and O–H groups in total. The summed E-state index contributed by atoms with van der Waals surface area (Å²) in [6.45, 7) is 2.61. The van der Waals surface area contributed by atoms with Crippen LogP contribution < -0.4 is 10.9 Å². The molecule has 0 aliphatic carbocycles. The van der Waals surface area contributed by atoms with Crippen molar-refractivity contribution in [2.75, 3.05) is 0 Å². The number of hydrogen-bond donors (Lipinski definition) is 2. The third-order valence-electron chi connectivity index (χ3n) is 0.624. The number of hydrogen-bond acceptors (Lipinski definition) is 2.